The lowest BCUT2D eigenvalue weighted by molar-refractivity contribution is 0.110. The van der Waals surface area contributed by atoms with Crippen LogP contribution in [0.3, 0.4) is 0 Å². The molecule has 0 bridgehead atoms. The van der Waals surface area contributed by atoms with Gasteiger partial charge in [0.15, 0.2) is 6.23 Å². The SMILES string of the molecule is Cc1ccc(N2CCO[C@H]2c2cn(Cc3ccc(F)cc3)nn2)cc1. The van der Waals surface area contributed by atoms with Crippen LogP contribution in [-0.4, -0.2) is 28.1 Å². The number of nitrogens with zero attached hydrogens (tertiary/aromatic N) is 4. The minimum absolute atomic E-state index is 0.232. The van der Waals surface area contributed by atoms with E-state index in [2.05, 4.69) is 46.4 Å². The van der Waals surface area contributed by atoms with Crippen LogP contribution in [0.25, 0.3) is 0 Å². The third-order valence-electron chi connectivity index (χ3n) is 4.32. The second-order valence-electron chi connectivity index (χ2n) is 6.22. The lowest BCUT2D eigenvalue weighted by Crippen LogP contribution is -2.23. The Morgan fingerprint density at radius 3 is 2.64 bits per heavy atom. The number of benzene rings is 2. The van der Waals surface area contributed by atoms with Crippen LogP contribution in [0.5, 0.6) is 0 Å². The Labute approximate surface area is 145 Å². The largest absolute Gasteiger partial charge is 0.350 e. The van der Waals surface area contributed by atoms with Crippen LogP contribution < -0.4 is 4.90 Å². The average Bonchev–Trinajstić information content (AvgIpc) is 3.27. The van der Waals surface area contributed by atoms with E-state index in [-0.39, 0.29) is 12.0 Å². The molecule has 0 saturated carbocycles. The molecule has 1 aliphatic rings. The highest BCUT2D eigenvalue weighted by molar-refractivity contribution is 5.49. The van der Waals surface area contributed by atoms with Gasteiger partial charge in [0.25, 0.3) is 0 Å². The van der Waals surface area contributed by atoms with Gasteiger partial charge in [-0.25, -0.2) is 9.07 Å². The minimum atomic E-state index is -0.240. The molecule has 1 fully saturated rings. The summed E-state index contributed by atoms with van der Waals surface area (Å²) in [7, 11) is 0. The lowest BCUT2D eigenvalue weighted by Gasteiger charge is -2.23. The molecule has 0 amide bonds. The fourth-order valence-electron chi connectivity index (χ4n) is 3.00. The quantitative estimate of drug-likeness (QED) is 0.732. The predicted molar refractivity (Wildman–Crippen MR) is 92.7 cm³/mol. The maximum atomic E-state index is 13.0. The van der Waals surface area contributed by atoms with E-state index in [1.807, 2.05) is 6.20 Å². The Hall–Kier alpha value is -2.73. The number of hydrogen-bond acceptors (Lipinski definition) is 4. The zero-order valence-corrected chi connectivity index (χ0v) is 14.0. The Morgan fingerprint density at radius 1 is 1.12 bits per heavy atom. The van der Waals surface area contributed by atoms with Crippen LogP contribution in [0.4, 0.5) is 10.1 Å². The zero-order chi connectivity index (χ0) is 17.2. The molecule has 2 aromatic carbocycles. The predicted octanol–water partition coefficient (Wildman–Crippen LogP) is 3.31. The van der Waals surface area contributed by atoms with Gasteiger partial charge in [-0.05, 0) is 36.8 Å². The summed E-state index contributed by atoms with van der Waals surface area (Å²) in [6.07, 6.45) is 1.66. The molecule has 0 spiro atoms. The van der Waals surface area contributed by atoms with E-state index in [1.165, 1.54) is 17.7 Å². The zero-order valence-electron chi connectivity index (χ0n) is 14.0. The van der Waals surface area contributed by atoms with Crippen molar-refractivity contribution in [3.05, 3.63) is 77.4 Å². The average molecular weight is 338 g/mol. The van der Waals surface area contributed by atoms with Crippen LogP contribution in [0.1, 0.15) is 23.0 Å². The molecule has 5 nitrogen and oxygen atoms in total. The molecule has 4 rings (SSSR count). The molecule has 6 heteroatoms. The first-order valence-corrected chi connectivity index (χ1v) is 8.28. The molecule has 0 aliphatic carbocycles. The van der Waals surface area contributed by atoms with Crippen LogP contribution >= 0.6 is 0 Å². The van der Waals surface area contributed by atoms with E-state index in [4.69, 9.17) is 4.74 Å². The fraction of sp³-hybridized carbons (Fsp3) is 0.263. The van der Waals surface area contributed by atoms with E-state index < -0.39 is 0 Å². The topological polar surface area (TPSA) is 43.2 Å². The van der Waals surface area contributed by atoms with E-state index in [0.717, 1.165) is 23.5 Å². The summed E-state index contributed by atoms with van der Waals surface area (Å²) in [5, 5.41) is 8.46. The monoisotopic (exact) mass is 338 g/mol. The lowest BCUT2D eigenvalue weighted by atomic mass is 10.2. The van der Waals surface area contributed by atoms with Crippen molar-refractivity contribution in [3.63, 3.8) is 0 Å². The maximum Gasteiger partial charge on any atom is 0.177 e. The molecule has 2 heterocycles. The third kappa shape index (κ3) is 3.39. The number of halogens is 1. The van der Waals surface area contributed by atoms with Gasteiger partial charge in [-0.1, -0.05) is 35.0 Å². The molecular formula is C19H19FN4O. The Morgan fingerprint density at radius 2 is 1.88 bits per heavy atom. The van der Waals surface area contributed by atoms with Crippen LogP contribution in [-0.2, 0) is 11.3 Å². The highest BCUT2D eigenvalue weighted by atomic mass is 19.1. The van der Waals surface area contributed by atoms with Gasteiger partial charge in [-0.2, -0.15) is 0 Å². The van der Waals surface area contributed by atoms with E-state index in [0.29, 0.717) is 13.2 Å². The standard InChI is InChI=1S/C19H19FN4O/c1-14-2-8-17(9-3-14)24-10-11-25-19(24)18-13-23(22-21-18)12-15-4-6-16(20)7-5-15/h2-9,13,19H,10-12H2,1H3/t19-/m0/s1. The van der Waals surface area contributed by atoms with Crippen molar-refractivity contribution in [2.75, 3.05) is 18.1 Å². The van der Waals surface area contributed by atoms with Gasteiger partial charge in [0.05, 0.1) is 19.3 Å². The van der Waals surface area contributed by atoms with Crippen molar-refractivity contribution < 1.29 is 9.13 Å². The van der Waals surface area contributed by atoms with Crippen molar-refractivity contribution in [2.45, 2.75) is 19.7 Å². The van der Waals surface area contributed by atoms with Crippen molar-refractivity contribution in [1.29, 1.82) is 0 Å². The van der Waals surface area contributed by atoms with Gasteiger partial charge in [0.2, 0.25) is 0 Å². The van der Waals surface area contributed by atoms with Crippen molar-refractivity contribution >= 4 is 5.69 Å². The van der Waals surface area contributed by atoms with Gasteiger partial charge < -0.3 is 9.64 Å². The van der Waals surface area contributed by atoms with Crippen LogP contribution in [0, 0.1) is 12.7 Å². The molecule has 128 valence electrons. The summed E-state index contributed by atoms with van der Waals surface area (Å²) in [5.41, 5.74) is 4.09. The third-order valence-corrected chi connectivity index (χ3v) is 4.32. The van der Waals surface area contributed by atoms with Crippen molar-refractivity contribution in [3.8, 4) is 0 Å². The Balaban J connectivity index is 1.52. The number of aryl methyl sites for hydroxylation is 1. The molecule has 1 saturated heterocycles. The molecule has 1 aliphatic heterocycles. The maximum absolute atomic E-state index is 13.0. The van der Waals surface area contributed by atoms with Gasteiger partial charge in [0.1, 0.15) is 11.5 Å². The molecule has 0 radical (unpaired) electrons. The summed E-state index contributed by atoms with van der Waals surface area (Å²) >= 11 is 0. The van der Waals surface area contributed by atoms with Crippen molar-refractivity contribution in [2.24, 2.45) is 0 Å². The second-order valence-corrected chi connectivity index (χ2v) is 6.22. The molecule has 25 heavy (non-hydrogen) atoms. The fourth-order valence-corrected chi connectivity index (χ4v) is 3.00. The smallest absolute Gasteiger partial charge is 0.177 e. The summed E-state index contributed by atoms with van der Waals surface area (Å²) in [5.74, 6) is -0.240. The number of rotatable bonds is 4. The number of ether oxygens (including phenoxy) is 1. The minimum Gasteiger partial charge on any atom is -0.350 e. The van der Waals surface area contributed by atoms with Crippen molar-refractivity contribution in [1.82, 2.24) is 15.0 Å². The first-order valence-electron chi connectivity index (χ1n) is 8.28. The molecule has 3 aromatic rings. The highest BCUT2D eigenvalue weighted by Crippen LogP contribution is 2.31. The molecule has 1 aromatic heterocycles. The molecular weight excluding hydrogens is 319 g/mol. The summed E-state index contributed by atoms with van der Waals surface area (Å²) in [4.78, 5) is 2.19. The number of aromatic nitrogens is 3. The van der Waals surface area contributed by atoms with Gasteiger partial charge in [-0.3, -0.25) is 0 Å². The Bertz CT molecular complexity index is 845. The summed E-state index contributed by atoms with van der Waals surface area (Å²) in [6, 6.07) is 14.8. The first kappa shape index (κ1) is 15.8. The summed E-state index contributed by atoms with van der Waals surface area (Å²) in [6.45, 7) is 4.09. The molecule has 1 atom stereocenters. The van der Waals surface area contributed by atoms with E-state index >= 15 is 0 Å². The normalized spacial score (nSPS) is 17.2. The molecule has 0 unspecified atom stereocenters. The highest BCUT2D eigenvalue weighted by Gasteiger charge is 2.29. The van der Waals surface area contributed by atoms with Crippen LogP contribution in [0.15, 0.2) is 54.7 Å². The molecule has 0 N–H and O–H groups in total. The Kier molecular flexibility index (Phi) is 4.19. The number of anilines is 1. The van der Waals surface area contributed by atoms with Gasteiger partial charge >= 0.3 is 0 Å². The van der Waals surface area contributed by atoms with Gasteiger partial charge in [-0.15, -0.1) is 5.10 Å². The van der Waals surface area contributed by atoms with Crippen LogP contribution in [0.2, 0.25) is 0 Å². The second kappa shape index (κ2) is 6.64. The first-order chi connectivity index (χ1) is 12.2. The summed E-state index contributed by atoms with van der Waals surface area (Å²) < 4.78 is 20.6. The number of hydrogen-bond donors (Lipinski definition) is 0. The van der Waals surface area contributed by atoms with E-state index in [9.17, 15) is 4.39 Å². The van der Waals surface area contributed by atoms with E-state index in [1.54, 1.807) is 16.8 Å². The van der Waals surface area contributed by atoms with Gasteiger partial charge in [0, 0.05) is 12.2 Å².